The summed E-state index contributed by atoms with van der Waals surface area (Å²) in [6.07, 6.45) is 0. The number of carbonyl (C=O) groups is 1. The standard InChI is InChI=1S/C20H22ClN3O2S.ClH/c1-4-26-16-8-5-14(6-9-16)19(25)24(12-11-23(2)3)20-22-17-10-7-15(21)13-18(17)27-20;/h5-10,13H,4,11-12H2,1-3H3;1H. The second-order valence-electron chi connectivity index (χ2n) is 6.33. The van der Waals surface area contributed by atoms with Gasteiger partial charge < -0.3 is 9.64 Å². The Morgan fingerprint density at radius 1 is 1.14 bits per heavy atom. The Morgan fingerprint density at radius 2 is 1.86 bits per heavy atom. The number of nitrogens with zero attached hydrogens (tertiary/aromatic N) is 3. The van der Waals surface area contributed by atoms with Crippen LogP contribution >= 0.6 is 35.3 Å². The first-order valence-electron chi connectivity index (χ1n) is 8.73. The molecule has 2 aromatic carbocycles. The van der Waals surface area contributed by atoms with E-state index in [9.17, 15) is 4.79 Å². The molecule has 0 aliphatic heterocycles. The van der Waals surface area contributed by atoms with Crippen LogP contribution in [0, 0.1) is 0 Å². The Balaban J connectivity index is 0.00000280. The first-order valence-corrected chi connectivity index (χ1v) is 9.93. The molecule has 3 aromatic rings. The van der Waals surface area contributed by atoms with E-state index in [0.717, 1.165) is 22.5 Å². The van der Waals surface area contributed by atoms with Gasteiger partial charge in [0, 0.05) is 23.7 Å². The summed E-state index contributed by atoms with van der Waals surface area (Å²) in [6.45, 7) is 3.81. The molecule has 0 fully saturated rings. The molecule has 3 rings (SSSR count). The topological polar surface area (TPSA) is 45.7 Å². The SMILES string of the molecule is CCOc1ccc(C(=O)N(CCN(C)C)c2nc3ccc(Cl)cc3s2)cc1.Cl. The molecule has 28 heavy (non-hydrogen) atoms. The van der Waals surface area contributed by atoms with Crippen LogP contribution in [0.1, 0.15) is 17.3 Å². The van der Waals surface area contributed by atoms with Gasteiger partial charge >= 0.3 is 0 Å². The molecule has 0 radical (unpaired) electrons. The third-order valence-corrected chi connectivity index (χ3v) is 5.27. The van der Waals surface area contributed by atoms with Gasteiger partial charge in [0.25, 0.3) is 5.91 Å². The summed E-state index contributed by atoms with van der Waals surface area (Å²) in [6, 6.07) is 12.8. The molecule has 0 atom stereocenters. The minimum Gasteiger partial charge on any atom is -0.494 e. The summed E-state index contributed by atoms with van der Waals surface area (Å²) in [5, 5.41) is 1.34. The van der Waals surface area contributed by atoms with Gasteiger partial charge in [-0.3, -0.25) is 9.69 Å². The maximum atomic E-state index is 13.2. The molecule has 150 valence electrons. The number of fused-ring (bicyclic) bond motifs is 1. The average molecular weight is 440 g/mol. The Hall–Kier alpha value is -1.86. The Bertz CT molecular complexity index is 929. The molecule has 1 aromatic heterocycles. The van der Waals surface area contributed by atoms with Crippen LogP contribution in [0.4, 0.5) is 5.13 Å². The summed E-state index contributed by atoms with van der Waals surface area (Å²) < 4.78 is 6.43. The van der Waals surface area contributed by atoms with E-state index >= 15 is 0 Å². The van der Waals surface area contributed by atoms with Crippen molar-refractivity contribution in [1.82, 2.24) is 9.88 Å². The summed E-state index contributed by atoms with van der Waals surface area (Å²) in [7, 11) is 3.97. The fourth-order valence-corrected chi connectivity index (χ4v) is 3.87. The van der Waals surface area contributed by atoms with Gasteiger partial charge in [-0.15, -0.1) is 12.4 Å². The quantitative estimate of drug-likeness (QED) is 0.520. The van der Waals surface area contributed by atoms with Crippen molar-refractivity contribution in [3.63, 3.8) is 0 Å². The Kier molecular flexibility index (Phi) is 8.07. The fourth-order valence-electron chi connectivity index (χ4n) is 2.60. The fraction of sp³-hybridized carbons (Fsp3) is 0.300. The predicted octanol–water partition coefficient (Wildman–Crippen LogP) is 4.98. The first-order chi connectivity index (χ1) is 13.0. The number of hydrogen-bond donors (Lipinski definition) is 0. The normalized spacial score (nSPS) is 10.8. The third-order valence-electron chi connectivity index (χ3n) is 4.00. The molecule has 0 N–H and O–H groups in total. The molecule has 0 aliphatic rings. The Morgan fingerprint density at radius 3 is 2.50 bits per heavy atom. The van der Waals surface area contributed by atoms with Crippen molar-refractivity contribution in [1.29, 1.82) is 0 Å². The maximum absolute atomic E-state index is 13.2. The molecular formula is C20H23Cl2N3O2S. The number of aromatic nitrogens is 1. The number of amides is 1. The van der Waals surface area contributed by atoms with E-state index in [0.29, 0.717) is 28.9 Å². The van der Waals surface area contributed by atoms with Crippen molar-refractivity contribution < 1.29 is 9.53 Å². The minimum absolute atomic E-state index is 0. The van der Waals surface area contributed by atoms with E-state index in [1.54, 1.807) is 17.0 Å². The zero-order valence-corrected chi connectivity index (χ0v) is 18.4. The summed E-state index contributed by atoms with van der Waals surface area (Å²) >= 11 is 7.56. The first kappa shape index (κ1) is 22.4. The van der Waals surface area contributed by atoms with Crippen molar-refractivity contribution in [2.24, 2.45) is 0 Å². The molecule has 8 heteroatoms. The third kappa shape index (κ3) is 5.35. The molecule has 1 amide bonds. The maximum Gasteiger partial charge on any atom is 0.260 e. The number of anilines is 1. The van der Waals surface area contributed by atoms with Crippen molar-refractivity contribution >= 4 is 56.6 Å². The van der Waals surface area contributed by atoms with Gasteiger partial charge in [0.1, 0.15) is 5.75 Å². The van der Waals surface area contributed by atoms with E-state index < -0.39 is 0 Å². The van der Waals surface area contributed by atoms with Gasteiger partial charge in [0.2, 0.25) is 0 Å². The van der Waals surface area contributed by atoms with Crippen molar-refractivity contribution in [3.8, 4) is 5.75 Å². The zero-order valence-electron chi connectivity index (χ0n) is 16.0. The van der Waals surface area contributed by atoms with Gasteiger partial charge in [0.05, 0.1) is 16.8 Å². The molecule has 0 aliphatic carbocycles. The number of likely N-dealkylation sites (N-methyl/N-ethyl adjacent to an activating group) is 1. The minimum atomic E-state index is -0.0787. The van der Waals surface area contributed by atoms with Crippen LogP contribution in [0.15, 0.2) is 42.5 Å². The lowest BCUT2D eigenvalue weighted by atomic mass is 10.2. The number of hydrogen-bond acceptors (Lipinski definition) is 5. The lowest BCUT2D eigenvalue weighted by Crippen LogP contribution is -2.36. The van der Waals surface area contributed by atoms with Gasteiger partial charge in [-0.25, -0.2) is 4.98 Å². The van der Waals surface area contributed by atoms with Gasteiger partial charge in [-0.1, -0.05) is 22.9 Å². The monoisotopic (exact) mass is 439 g/mol. The summed E-state index contributed by atoms with van der Waals surface area (Å²) in [4.78, 5) is 21.6. The van der Waals surface area contributed by atoms with Crippen LogP contribution in [-0.4, -0.2) is 49.6 Å². The van der Waals surface area contributed by atoms with Crippen molar-refractivity contribution in [2.45, 2.75) is 6.92 Å². The predicted molar refractivity (Wildman–Crippen MR) is 120 cm³/mol. The molecule has 1 heterocycles. The number of halogens is 2. The molecule has 0 saturated carbocycles. The molecule has 0 bridgehead atoms. The van der Waals surface area contributed by atoms with Crippen LogP contribution < -0.4 is 9.64 Å². The second-order valence-corrected chi connectivity index (χ2v) is 7.77. The van der Waals surface area contributed by atoms with Crippen molar-refractivity contribution in [2.75, 3.05) is 38.7 Å². The molecule has 0 saturated heterocycles. The molecule has 5 nitrogen and oxygen atoms in total. The van der Waals surface area contributed by atoms with Gasteiger partial charge in [-0.2, -0.15) is 0 Å². The summed E-state index contributed by atoms with van der Waals surface area (Å²) in [5.41, 5.74) is 1.45. The zero-order chi connectivity index (χ0) is 19.4. The van der Waals surface area contributed by atoms with E-state index in [1.807, 2.05) is 56.3 Å². The van der Waals surface area contributed by atoms with E-state index in [2.05, 4.69) is 4.98 Å². The highest BCUT2D eigenvalue weighted by molar-refractivity contribution is 7.22. The number of thiazole rings is 1. The average Bonchev–Trinajstić information content (AvgIpc) is 3.05. The van der Waals surface area contributed by atoms with Crippen LogP contribution in [-0.2, 0) is 0 Å². The summed E-state index contributed by atoms with van der Waals surface area (Å²) in [5.74, 6) is 0.675. The number of rotatable bonds is 7. The smallest absolute Gasteiger partial charge is 0.260 e. The highest BCUT2D eigenvalue weighted by atomic mass is 35.5. The lowest BCUT2D eigenvalue weighted by Gasteiger charge is -2.22. The molecule has 0 spiro atoms. The number of ether oxygens (including phenoxy) is 1. The van der Waals surface area contributed by atoms with Gasteiger partial charge in [0.15, 0.2) is 5.13 Å². The van der Waals surface area contributed by atoms with Crippen LogP contribution in [0.3, 0.4) is 0 Å². The lowest BCUT2D eigenvalue weighted by molar-refractivity contribution is 0.0985. The second kappa shape index (κ2) is 10.1. The van der Waals surface area contributed by atoms with Crippen LogP contribution in [0.25, 0.3) is 10.2 Å². The van der Waals surface area contributed by atoms with Crippen LogP contribution in [0.2, 0.25) is 5.02 Å². The molecular weight excluding hydrogens is 417 g/mol. The van der Waals surface area contributed by atoms with E-state index in [4.69, 9.17) is 16.3 Å². The highest BCUT2D eigenvalue weighted by Crippen LogP contribution is 2.31. The van der Waals surface area contributed by atoms with E-state index in [-0.39, 0.29) is 18.3 Å². The van der Waals surface area contributed by atoms with Gasteiger partial charge in [-0.05, 0) is 63.5 Å². The number of carbonyl (C=O) groups excluding carboxylic acids is 1. The largest absolute Gasteiger partial charge is 0.494 e. The number of benzene rings is 2. The van der Waals surface area contributed by atoms with Crippen molar-refractivity contribution in [3.05, 3.63) is 53.1 Å². The highest BCUT2D eigenvalue weighted by Gasteiger charge is 2.21. The van der Waals surface area contributed by atoms with E-state index in [1.165, 1.54) is 11.3 Å². The molecule has 0 unspecified atom stereocenters. The van der Waals surface area contributed by atoms with Crippen LogP contribution in [0.5, 0.6) is 5.75 Å². The Labute approximate surface area is 180 Å².